The molecule has 2 aliphatic heterocycles. The Morgan fingerprint density at radius 3 is 2.67 bits per heavy atom. The summed E-state index contributed by atoms with van der Waals surface area (Å²) in [6, 6.07) is 5.85. The van der Waals surface area contributed by atoms with E-state index in [1.807, 2.05) is 44.0 Å². The van der Waals surface area contributed by atoms with Gasteiger partial charge in [-0.25, -0.2) is 14.3 Å². The number of halogens is 1. The standard InChI is InChI=1S/C34H36ClN9O2/c1-7-24(45)42-14-15-43-21(17-42)11-13-41(6)31-26-32(43)39-34(46)44(30-20(5)10-12-36-28(30)18(2)3)33(26)38-29(27(31)35)25-19(4)8-9-23-22(25)16-37-40-23/h7-10,12,16,18,21H,1,11,13-15,17H2,2-6H3,(H,37,40). The smallest absolute Gasteiger partial charge is 0.355 e. The first-order valence-electron chi connectivity index (χ1n) is 15.5. The number of amides is 1. The van der Waals surface area contributed by atoms with E-state index in [1.54, 1.807) is 17.0 Å². The van der Waals surface area contributed by atoms with Gasteiger partial charge in [0.1, 0.15) is 5.82 Å². The van der Waals surface area contributed by atoms with Crippen molar-refractivity contribution in [2.45, 2.75) is 46.1 Å². The summed E-state index contributed by atoms with van der Waals surface area (Å²) >= 11 is 7.45. The Labute approximate surface area is 271 Å². The molecule has 1 N–H and O–H groups in total. The number of benzene rings is 1. The summed E-state index contributed by atoms with van der Waals surface area (Å²) in [4.78, 5) is 48.0. The number of aromatic amines is 1. The van der Waals surface area contributed by atoms with Gasteiger partial charge in [-0.15, -0.1) is 0 Å². The highest BCUT2D eigenvalue weighted by Gasteiger charge is 2.36. The molecule has 11 nitrogen and oxygen atoms in total. The number of pyridine rings is 2. The monoisotopic (exact) mass is 637 g/mol. The third-order valence-corrected chi connectivity index (χ3v) is 9.69. The van der Waals surface area contributed by atoms with Crippen LogP contribution in [-0.4, -0.2) is 79.8 Å². The first kappa shape index (κ1) is 29.9. The van der Waals surface area contributed by atoms with Crippen LogP contribution in [0.5, 0.6) is 0 Å². The summed E-state index contributed by atoms with van der Waals surface area (Å²) < 4.78 is 1.62. The molecule has 6 heterocycles. The number of rotatable bonds is 4. The van der Waals surface area contributed by atoms with Crippen molar-refractivity contribution < 1.29 is 4.79 Å². The van der Waals surface area contributed by atoms with E-state index in [0.29, 0.717) is 59.4 Å². The van der Waals surface area contributed by atoms with Crippen molar-refractivity contribution in [1.29, 1.82) is 0 Å². The summed E-state index contributed by atoms with van der Waals surface area (Å²) in [5, 5.41) is 9.43. The van der Waals surface area contributed by atoms with Gasteiger partial charge >= 0.3 is 5.69 Å². The van der Waals surface area contributed by atoms with Gasteiger partial charge in [-0.2, -0.15) is 10.1 Å². The topological polar surface area (TPSA) is 116 Å². The molecule has 5 aromatic rings. The predicted molar refractivity (Wildman–Crippen MR) is 182 cm³/mol. The Kier molecular flexibility index (Phi) is 7.31. The van der Waals surface area contributed by atoms with E-state index < -0.39 is 5.69 Å². The number of carbonyl (C=O) groups excluding carboxylic acids is 1. The minimum atomic E-state index is -0.447. The summed E-state index contributed by atoms with van der Waals surface area (Å²) in [5.74, 6) is 0.460. The van der Waals surface area contributed by atoms with Gasteiger partial charge in [-0.3, -0.25) is 14.9 Å². The molecule has 0 bridgehead atoms. The SMILES string of the molecule is C=CC(=O)N1CCN2c3nc(=O)n(-c4c(C)ccnc4C(C)C)c4nc(-c5c(C)ccc6[nH]ncc56)c(Cl)c(c34)N(C)CCC2C1. The Bertz CT molecular complexity index is 2120. The molecule has 1 amide bonds. The number of nitrogens with zero attached hydrogens (tertiary/aromatic N) is 8. The van der Waals surface area contributed by atoms with Gasteiger partial charge in [-0.1, -0.05) is 38.1 Å². The van der Waals surface area contributed by atoms with Crippen LogP contribution in [-0.2, 0) is 4.79 Å². The molecule has 2 aliphatic rings. The number of aromatic nitrogens is 6. The second-order valence-electron chi connectivity index (χ2n) is 12.5. The van der Waals surface area contributed by atoms with Crippen molar-refractivity contribution in [1.82, 2.24) is 34.6 Å². The van der Waals surface area contributed by atoms with Gasteiger partial charge in [0, 0.05) is 56.4 Å². The highest BCUT2D eigenvalue weighted by molar-refractivity contribution is 6.38. The van der Waals surface area contributed by atoms with Crippen LogP contribution in [0.1, 0.15) is 43.0 Å². The fourth-order valence-electron chi connectivity index (χ4n) is 7.02. The van der Waals surface area contributed by atoms with Crippen molar-refractivity contribution >= 4 is 50.9 Å². The van der Waals surface area contributed by atoms with Crippen molar-refractivity contribution in [2.75, 3.05) is 43.0 Å². The van der Waals surface area contributed by atoms with Crippen LogP contribution >= 0.6 is 11.6 Å². The molecule has 7 rings (SSSR count). The molecule has 4 aromatic heterocycles. The fraction of sp³-hybridized carbons (Fsp3) is 0.353. The molecule has 236 valence electrons. The van der Waals surface area contributed by atoms with Gasteiger partial charge in [0.15, 0.2) is 5.65 Å². The van der Waals surface area contributed by atoms with E-state index in [2.05, 4.69) is 40.4 Å². The van der Waals surface area contributed by atoms with Crippen molar-refractivity contribution in [3.05, 3.63) is 75.6 Å². The van der Waals surface area contributed by atoms with E-state index >= 15 is 0 Å². The lowest BCUT2D eigenvalue weighted by atomic mass is 9.98. The van der Waals surface area contributed by atoms with Crippen molar-refractivity contribution in [3.8, 4) is 16.9 Å². The highest BCUT2D eigenvalue weighted by atomic mass is 35.5. The second kappa shape index (κ2) is 11.2. The minimum absolute atomic E-state index is 0.0334. The van der Waals surface area contributed by atoms with E-state index in [1.165, 1.54) is 6.08 Å². The van der Waals surface area contributed by atoms with Gasteiger partial charge < -0.3 is 14.7 Å². The van der Waals surface area contributed by atoms with Crippen LogP contribution in [0.3, 0.4) is 0 Å². The van der Waals surface area contributed by atoms with Crippen LogP contribution in [0.4, 0.5) is 11.5 Å². The number of piperazine rings is 1. The van der Waals surface area contributed by atoms with E-state index in [9.17, 15) is 9.59 Å². The van der Waals surface area contributed by atoms with Crippen LogP contribution in [0, 0.1) is 13.8 Å². The van der Waals surface area contributed by atoms with Crippen LogP contribution < -0.4 is 15.5 Å². The molecule has 1 atom stereocenters. The molecule has 0 aliphatic carbocycles. The number of H-pyrrole nitrogens is 1. The van der Waals surface area contributed by atoms with Crippen molar-refractivity contribution in [3.63, 3.8) is 0 Å². The van der Waals surface area contributed by atoms with E-state index in [4.69, 9.17) is 26.6 Å². The maximum absolute atomic E-state index is 14.4. The number of hydrogen-bond donors (Lipinski definition) is 1. The number of nitrogens with one attached hydrogen (secondary N) is 1. The Morgan fingerprint density at radius 1 is 1.11 bits per heavy atom. The lowest BCUT2D eigenvalue weighted by molar-refractivity contribution is -0.126. The molecule has 12 heteroatoms. The molecule has 1 fully saturated rings. The maximum atomic E-state index is 14.4. The van der Waals surface area contributed by atoms with Crippen LogP contribution in [0.15, 0.2) is 48.0 Å². The fourth-order valence-corrected chi connectivity index (χ4v) is 7.39. The van der Waals surface area contributed by atoms with Gasteiger partial charge in [0.05, 0.1) is 44.9 Å². The summed E-state index contributed by atoms with van der Waals surface area (Å²) in [7, 11) is 2.01. The van der Waals surface area contributed by atoms with Crippen LogP contribution in [0.25, 0.3) is 38.9 Å². The average Bonchev–Trinajstić information content (AvgIpc) is 3.51. The highest BCUT2D eigenvalue weighted by Crippen LogP contribution is 2.46. The lowest BCUT2D eigenvalue weighted by Crippen LogP contribution is -2.56. The third-order valence-electron chi connectivity index (χ3n) is 9.34. The predicted octanol–water partition coefficient (Wildman–Crippen LogP) is 5.16. The number of anilines is 2. The molecule has 0 radical (unpaired) electrons. The zero-order valence-electron chi connectivity index (χ0n) is 26.6. The first-order chi connectivity index (χ1) is 22.1. The minimum Gasteiger partial charge on any atom is -0.373 e. The summed E-state index contributed by atoms with van der Waals surface area (Å²) in [6.45, 7) is 14.0. The second-order valence-corrected chi connectivity index (χ2v) is 12.9. The largest absolute Gasteiger partial charge is 0.373 e. The molecule has 0 spiro atoms. The molecular weight excluding hydrogens is 602 g/mol. The maximum Gasteiger partial charge on any atom is 0.355 e. The zero-order chi connectivity index (χ0) is 32.4. The number of fused-ring (bicyclic) bond motifs is 3. The van der Waals surface area contributed by atoms with E-state index in [-0.39, 0.29) is 17.9 Å². The normalized spacial score (nSPS) is 16.6. The van der Waals surface area contributed by atoms with E-state index in [0.717, 1.165) is 45.4 Å². The Morgan fingerprint density at radius 2 is 1.91 bits per heavy atom. The molecular formula is C34H36ClN9O2. The summed E-state index contributed by atoms with van der Waals surface area (Å²) in [5.41, 5.74) is 6.37. The number of carbonyl (C=O) groups is 1. The average molecular weight is 638 g/mol. The molecule has 0 saturated carbocycles. The van der Waals surface area contributed by atoms with Gasteiger partial charge in [0.25, 0.3) is 0 Å². The third kappa shape index (κ3) is 4.55. The quantitative estimate of drug-likeness (QED) is 0.269. The first-order valence-corrected chi connectivity index (χ1v) is 15.9. The zero-order valence-corrected chi connectivity index (χ0v) is 27.4. The molecule has 1 unspecified atom stereocenters. The number of hydrogen-bond acceptors (Lipinski definition) is 8. The van der Waals surface area contributed by atoms with Crippen LogP contribution in [0.2, 0.25) is 5.02 Å². The van der Waals surface area contributed by atoms with Crippen molar-refractivity contribution in [2.24, 2.45) is 0 Å². The lowest BCUT2D eigenvalue weighted by Gasteiger charge is -2.44. The molecule has 46 heavy (non-hydrogen) atoms. The molecule has 1 aromatic carbocycles. The van der Waals surface area contributed by atoms with Gasteiger partial charge in [-0.05, 0) is 55.5 Å². The summed E-state index contributed by atoms with van der Waals surface area (Å²) in [6.07, 6.45) is 5.64. The molecule has 1 saturated heterocycles. The Balaban J connectivity index is 1.62. The Hall–Kier alpha value is -4.77. The van der Waals surface area contributed by atoms with Gasteiger partial charge in [0.2, 0.25) is 5.91 Å². The number of aryl methyl sites for hydroxylation is 2.